The van der Waals surface area contributed by atoms with Gasteiger partial charge < -0.3 is 4.74 Å². The van der Waals surface area contributed by atoms with Gasteiger partial charge in [0.15, 0.2) is 4.87 Å². The van der Waals surface area contributed by atoms with E-state index in [4.69, 9.17) is 21.6 Å². The summed E-state index contributed by atoms with van der Waals surface area (Å²) in [6.45, 7) is 0. The molecule has 0 aromatic heterocycles. The largest absolute Gasteiger partial charge is 0.372 e. The first-order valence-electron chi connectivity index (χ1n) is 3.50. The Morgan fingerprint density at radius 2 is 2.40 bits per heavy atom. The first kappa shape index (κ1) is 6.45. The lowest BCUT2D eigenvalue weighted by Crippen LogP contribution is -2.31. The highest BCUT2D eigenvalue weighted by Gasteiger charge is 2.51. The zero-order chi connectivity index (χ0) is 7.19. The first-order chi connectivity index (χ1) is 4.74. The third kappa shape index (κ3) is 0.680. The average Bonchev–Trinajstić information content (AvgIpc) is 2.46. The molecule has 3 unspecified atom stereocenters. The summed E-state index contributed by atoms with van der Waals surface area (Å²) in [4.78, 5) is -0.692. The van der Waals surface area contributed by atoms with Gasteiger partial charge in [-0.25, -0.2) is 0 Å². The normalized spacial score (nSPS) is 51.2. The molecule has 3 heteroatoms. The van der Waals surface area contributed by atoms with E-state index in [0.29, 0.717) is 0 Å². The summed E-state index contributed by atoms with van der Waals surface area (Å²) in [5.74, 6) is 0. The fourth-order valence-corrected chi connectivity index (χ4v) is 2.11. The lowest BCUT2D eigenvalue weighted by molar-refractivity contribution is 0.101. The molecule has 2 rings (SSSR count). The zero-order valence-electron chi connectivity index (χ0n) is 5.51. The van der Waals surface area contributed by atoms with E-state index in [1.165, 1.54) is 0 Å². The van der Waals surface area contributed by atoms with Crippen LogP contribution in [0.15, 0.2) is 0 Å². The molecule has 2 bridgehead atoms. The fourth-order valence-electron chi connectivity index (χ4n) is 1.77. The van der Waals surface area contributed by atoms with E-state index >= 15 is 0 Å². The SMILES string of the molecule is N#CC1(Cl)CC2CCC1O2. The molecule has 10 heavy (non-hydrogen) atoms. The highest BCUT2D eigenvalue weighted by Crippen LogP contribution is 2.45. The molecule has 54 valence electrons. The molecule has 0 N–H and O–H groups in total. The molecular formula is C7H8ClNO. The van der Waals surface area contributed by atoms with Crippen LogP contribution in [0.25, 0.3) is 0 Å². The van der Waals surface area contributed by atoms with Gasteiger partial charge in [-0.05, 0) is 12.8 Å². The van der Waals surface area contributed by atoms with E-state index in [1.54, 1.807) is 0 Å². The van der Waals surface area contributed by atoms with Gasteiger partial charge in [0.1, 0.15) is 0 Å². The average molecular weight is 158 g/mol. The Balaban J connectivity index is 2.24. The van der Waals surface area contributed by atoms with Crippen LogP contribution in [0.3, 0.4) is 0 Å². The van der Waals surface area contributed by atoms with Crippen molar-refractivity contribution in [3.63, 3.8) is 0 Å². The van der Waals surface area contributed by atoms with Crippen LogP contribution in [-0.2, 0) is 4.74 Å². The Morgan fingerprint density at radius 1 is 1.60 bits per heavy atom. The molecule has 0 saturated carbocycles. The molecule has 0 radical (unpaired) electrons. The van der Waals surface area contributed by atoms with Crippen molar-refractivity contribution in [2.75, 3.05) is 0 Å². The topological polar surface area (TPSA) is 33.0 Å². The van der Waals surface area contributed by atoms with Gasteiger partial charge >= 0.3 is 0 Å². The van der Waals surface area contributed by atoms with Gasteiger partial charge in [0.05, 0.1) is 18.3 Å². The maximum Gasteiger partial charge on any atom is 0.159 e. The van der Waals surface area contributed by atoms with Gasteiger partial charge in [0.2, 0.25) is 0 Å². The number of ether oxygens (including phenoxy) is 1. The van der Waals surface area contributed by atoms with Gasteiger partial charge in [-0.15, -0.1) is 0 Å². The Morgan fingerprint density at radius 3 is 2.70 bits per heavy atom. The van der Waals surface area contributed by atoms with Crippen molar-refractivity contribution < 1.29 is 4.74 Å². The third-order valence-corrected chi connectivity index (χ3v) is 2.81. The summed E-state index contributed by atoms with van der Waals surface area (Å²) in [6, 6.07) is 2.11. The smallest absolute Gasteiger partial charge is 0.159 e. The van der Waals surface area contributed by atoms with Crippen LogP contribution in [0.4, 0.5) is 0 Å². The van der Waals surface area contributed by atoms with E-state index < -0.39 is 4.87 Å². The zero-order valence-corrected chi connectivity index (χ0v) is 6.27. The van der Waals surface area contributed by atoms with E-state index in [9.17, 15) is 0 Å². The minimum Gasteiger partial charge on any atom is -0.372 e. The minimum absolute atomic E-state index is 0.00386. The number of hydrogen-bond donors (Lipinski definition) is 0. The van der Waals surface area contributed by atoms with Gasteiger partial charge in [0, 0.05) is 6.42 Å². The van der Waals surface area contributed by atoms with E-state index in [-0.39, 0.29) is 12.2 Å². The molecule has 2 aliphatic rings. The Bertz CT molecular complexity index is 200. The van der Waals surface area contributed by atoms with E-state index in [2.05, 4.69) is 6.07 Å². The summed E-state index contributed by atoms with van der Waals surface area (Å²) in [7, 11) is 0. The molecule has 0 aromatic carbocycles. The predicted molar refractivity (Wildman–Crippen MR) is 36.7 cm³/mol. The number of nitrogens with zero attached hydrogens (tertiary/aromatic N) is 1. The summed E-state index contributed by atoms with van der Waals surface area (Å²) in [5.41, 5.74) is 0. The van der Waals surface area contributed by atoms with Gasteiger partial charge in [-0.3, -0.25) is 0 Å². The number of fused-ring (bicyclic) bond motifs is 2. The number of hydrogen-bond acceptors (Lipinski definition) is 2. The standard InChI is InChI=1S/C7H8ClNO/c8-7(4-9)3-5-1-2-6(7)10-5/h5-6H,1-3H2. The third-order valence-electron chi connectivity index (χ3n) is 2.33. The molecule has 2 fully saturated rings. The quantitative estimate of drug-likeness (QED) is 0.499. The maximum absolute atomic E-state index is 8.69. The highest BCUT2D eigenvalue weighted by molar-refractivity contribution is 6.26. The Kier molecular flexibility index (Phi) is 1.21. The van der Waals surface area contributed by atoms with Crippen molar-refractivity contribution in [2.45, 2.75) is 36.3 Å². The highest BCUT2D eigenvalue weighted by atomic mass is 35.5. The van der Waals surface area contributed by atoms with Gasteiger partial charge in [-0.2, -0.15) is 5.26 Å². The van der Waals surface area contributed by atoms with Gasteiger partial charge in [0.25, 0.3) is 0 Å². The Labute approximate surface area is 64.7 Å². The molecule has 2 aliphatic heterocycles. The fraction of sp³-hybridized carbons (Fsp3) is 0.857. The van der Waals surface area contributed by atoms with Gasteiger partial charge in [-0.1, -0.05) is 11.6 Å². The van der Waals surface area contributed by atoms with Crippen LogP contribution in [0.5, 0.6) is 0 Å². The molecule has 2 heterocycles. The van der Waals surface area contributed by atoms with Crippen LogP contribution in [0.1, 0.15) is 19.3 Å². The monoisotopic (exact) mass is 157 g/mol. The summed E-state index contributed by atoms with van der Waals surface area (Å²) in [5, 5.41) is 8.69. The number of alkyl halides is 1. The van der Waals surface area contributed by atoms with Crippen molar-refractivity contribution >= 4 is 11.6 Å². The molecule has 2 saturated heterocycles. The van der Waals surface area contributed by atoms with E-state index in [0.717, 1.165) is 19.3 Å². The second-order valence-electron chi connectivity index (χ2n) is 3.00. The molecule has 0 amide bonds. The second-order valence-corrected chi connectivity index (χ2v) is 3.68. The molecule has 2 nitrogen and oxygen atoms in total. The van der Waals surface area contributed by atoms with Crippen molar-refractivity contribution in [3.8, 4) is 6.07 Å². The molecular weight excluding hydrogens is 150 g/mol. The van der Waals surface area contributed by atoms with Crippen LogP contribution < -0.4 is 0 Å². The first-order valence-corrected chi connectivity index (χ1v) is 3.88. The van der Waals surface area contributed by atoms with Crippen LogP contribution in [0.2, 0.25) is 0 Å². The molecule has 0 aromatic rings. The number of nitriles is 1. The minimum atomic E-state index is -0.692. The lowest BCUT2D eigenvalue weighted by Gasteiger charge is -2.19. The van der Waals surface area contributed by atoms with Crippen molar-refractivity contribution in [3.05, 3.63) is 0 Å². The summed E-state index contributed by atoms with van der Waals surface area (Å²) >= 11 is 5.97. The maximum atomic E-state index is 8.69. The van der Waals surface area contributed by atoms with E-state index in [1.807, 2.05) is 0 Å². The van der Waals surface area contributed by atoms with Crippen LogP contribution in [0, 0.1) is 11.3 Å². The predicted octanol–water partition coefficient (Wildman–Crippen LogP) is 1.44. The summed E-state index contributed by atoms with van der Waals surface area (Å²) < 4.78 is 5.42. The second kappa shape index (κ2) is 1.87. The molecule has 3 atom stereocenters. The number of rotatable bonds is 0. The number of halogens is 1. The van der Waals surface area contributed by atoms with Crippen LogP contribution in [-0.4, -0.2) is 17.1 Å². The molecule has 0 aliphatic carbocycles. The van der Waals surface area contributed by atoms with Crippen molar-refractivity contribution in [1.29, 1.82) is 5.26 Å². The lowest BCUT2D eigenvalue weighted by atomic mass is 9.90. The Hall–Kier alpha value is -0.260. The molecule has 0 spiro atoms. The van der Waals surface area contributed by atoms with Crippen LogP contribution >= 0.6 is 11.6 Å². The summed E-state index contributed by atoms with van der Waals surface area (Å²) in [6.07, 6.45) is 3.03. The van der Waals surface area contributed by atoms with Crippen molar-refractivity contribution in [2.24, 2.45) is 0 Å². The van der Waals surface area contributed by atoms with Crippen molar-refractivity contribution in [1.82, 2.24) is 0 Å².